The monoisotopic (exact) mass is 428 g/mol. The summed E-state index contributed by atoms with van der Waals surface area (Å²) in [5.74, 6) is -0.194. The van der Waals surface area contributed by atoms with Gasteiger partial charge in [-0.15, -0.1) is 0 Å². The molecular formula is C27H28N2O3. The minimum absolute atomic E-state index is 0.0100. The fourth-order valence-corrected chi connectivity index (χ4v) is 4.52. The molecule has 0 aliphatic heterocycles. The molecule has 5 nitrogen and oxygen atoms in total. The number of primary amides is 1. The molecule has 3 N–H and O–H groups in total. The Morgan fingerprint density at radius 1 is 0.906 bits per heavy atom. The van der Waals surface area contributed by atoms with Crippen molar-refractivity contribution in [1.29, 1.82) is 0 Å². The van der Waals surface area contributed by atoms with Crippen molar-refractivity contribution >= 4 is 11.8 Å². The first-order valence-electron chi connectivity index (χ1n) is 11.0. The number of nitrogens with one attached hydrogen (secondary N) is 1. The molecule has 0 heterocycles. The maximum atomic E-state index is 12.9. The molecule has 1 saturated carbocycles. The lowest BCUT2D eigenvalue weighted by atomic mass is 9.79. The topological polar surface area (TPSA) is 81.4 Å². The van der Waals surface area contributed by atoms with Gasteiger partial charge in [0.1, 0.15) is 12.4 Å². The third-order valence-corrected chi connectivity index (χ3v) is 6.27. The van der Waals surface area contributed by atoms with E-state index in [1.54, 1.807) is 30.3 Å². The zero-order valence-electron chi connectivity index (χ0n) is 18.1. The number of ether oxygens (including phenoxy) is 1. The predicted molar refractivity (Wildman–Crippen MR) is 125 cm³/mol. The van der Waals surface area contributed by atoms with Gasteiger partial charge in [0.25, 0.3) is 11.8 Å². The molecule has 0 atom stereocenters. The molecule has 4 rings (SSSR count). The number of hydrogen-bond donors (Lipinski definition) is 2. The minimum Gasteiger partial charge on any atom is -0.488 e. The van der Waals surface area contributed by atoms with Gasteiger partial charge in [-0.05, 0) is 48.2 Å². The van der Waals surface area contributed by atoms with Crippen LogP contribution in [0.1, 0.15) is 57.5 Å². The summed E-state index contributed by atoms with van der Waals surface area (Å²) in [5, 5.41) is 3.16. The number of hydrogen-bond acceptors (Lipinski definition) is 3. The molecule has 1 aliphatic carbocycles. The minimum atomic E-state index is -0.534. The van der Waals surface area contributed by atoms with Gasteiger partial charge in [-0.2, -0.15) is 0 Å². The Balaban J connectivity index is 1.42. The number of para-hydroxylation sites is 1. The van der Waals surface area contributed by atoms with Crippen LogP contribution in [-0.4, -0.2) is 18.4 Å². The molecule has 0 bridgehead atoms. The molecule has 0 aromatic heterocycles. The lowest BCUT2D eigenvalue weighted by Gasteiger charge is -2.30. The van der Waals surface area contributed by atoms with Crippen LogP contribution >= 0.6 is 0 Å². The third-order valence-electron chi connectivity index (χ3n) is 6.27. The summed E-state index contributed by atoms with van der Waals surface area (Å²) < 4.78 is 5.80. The average molecular weight is 429 g/mol. The Bertz CT molecular complexity index is 1090. The van der Waals surface area contributed by atoms with Crippen molar-refractivity contribution in [2.75, 3.05) is 6.54 Å². The molecule has 0 spiro atoms. The number of nitrogens with two attached hydrogens (primary N) is 1. The fraction of sp³-hybridized carbons (Fsp3) is 0.259. The molecule has 0 unspecified atom stereocenters. The lowest BCUT2D eigenvalue weighted by molar-refractivity contribution is 0.0942. The zero-order valence-corrected chi connectivity index (χ0v) is 18.1. The van der Waals surface area contributed by atoms with E-state index in [9.17, 15) is 9.59 Å². The van der Waals surface area contributed by atoms with Crippen molar-refractivity contribution in [2.45, 2.75) is 37.7 Å². The van der Waals surface area contributed by atoms with Crippen molar-refractivity contribution in [2.24, 2.45) is 5.73 Å². The highest BCUT2D eigenvalue weighted by atomic mass is 16.5. The summed E-state index contributed by atoms with van der Waals surface area (Å²) in [6.07, 6.45) is 4.55. The van der Waals surface area contributed by atoms with Crippen LogP contribution < -0.4 is 15.8 Å². The Hall–Kier alpha value is -3.60. The molecule has 1 fully saturated rings. The highest BCUT2D eigenvalue weighted by Gasteiger charge is 2.35. The van der Waals surface area contributed by atoms with E-state index in [2.05, 4.69) is 29.6 Å². The molecule has 3 aromatic rings. The van der Waals surface area contributed by atoms with Crippen molar-refractivity contribution in [1.82, 2.24) is 5.32 Å². The Kier molecular flexibility index (Phi) is 6.55. The van der Waals surface area contributed by atoms with Crippen LogP contribution in [0.3, 0.4) is 0 Å². The predicted octanol–water partition coefficient (Wildman–Crippen LogP) is 4.61. The van der Waals surface area contributed by atoms with Gasteiger partial charge in [-0.3, -0.25) is 9.59 Å². The van der Waals surface area contributed by atoms with Gasteiger partial charge < -0.3 is 15.8 Å². The maximum Gasteiger partial charge on any atom is 0.252 e. The van der Waals surface area contributed by atoms with Gasteiger partial charge in [0.2, 0.25) is 0 Å². The molecular weight excluding hydrogens is 400 g/mol. The van der Waals surface area contributed by atoms with E-state index in [1.807, 2.05) is 24.3 Å². The highest BCUT2D eigenvalue weighted by Crippen LogP contribution is 2.40. The van der Waals surface area contributed by atoms with Gasteiger partial charge in [-0.25, -0.2) is 0 Å². The van der Waals surface area contributed by atoms with E-state index in [0.717, 1.165) is 18.4 Å². The van der Waals surface area contributed by atoms with Crippen LogP contribution in [0, 0.1) is 0 Å². The van der Waals surface area contributed by atoms with Gasteiger partial charge >= 0.3 is 0 Å². The van der Waals surface area contributed by atoms with E-state index in [-0.39, 0.29) is 17.9 Å². The molecule has 0 saturated heterocycles. The van der Waals surface area contributed by atoms with Crippen LogP contribution in [-0.2, 0) is 12.0 Å². The molecule has 2 amide bonds. The fourth-order valence-electron chi connectivity index (χ4n) is 4.52. The third kappa shape index (κ3) is 4.83. The van der Waals surface area contributed by atoms with Crippen LogP contribution in [0.5, 0.6) is 5.75 Å². The number of carbonyl (C=O) groups excluding carboxylic acids is 2. The number of amides is 2. The van der Waals surface area contributed by atoms with E-state index in [1.165, 1.54) is 18.4 Å². The zero-order chi connectivity index (χ0) is 22.4. The van der Waals surface area contributed by atoms with Crippen LogP contribution in [0.4, 0.5) is 0 Å². The molecule has 164 valence electrons. The quantitative estimate of drug-likeness (QED) is 0.550. The Morgan fingerprint density at radius 3 is 2.38 bits per heavy atom. The average Bonchev–Trinajstić information content (AvgIpc) is 3.32. The number of benzene rings is 3. The smallest absolute Gasteiger partial charge is 0.252 e. The Morgan fingerprint density at radius 2 is 1.62 bits per heavy atom. The van der Waals surface area contributed by atoms with Gasteiger partial charge in [0.15, 0.2) is 0 Å². The Labute approximate surface area is 188 Å². The summed E-state index contributed by atoms with van der Waals surface area (Å²) in [6, 6.07) is 24.7. The number of carbonyl (C=O) groups is 2. The molecule has 3 aromatic carbocycles. The first-order chi connectivity index (χ1) is 15.6. The standard InChI is InChI=1S/C27H28N2O3/c28-25(30)23-13-4-5-14-24(23)32-18-20-9-8-10-21(17-20)26(31)29-19-27(15-6-7-16-27)22-11-2-1-3-12-22/h1-5,8-14,17H,6-7,15-16,18-19H2,(H2,28,30)(H,29,31). The lowest BCUT2D eigenvalue weighted by Crippen LogP contribution is -2.39. The normalized spacial score (nSPS) is 14.6. The van der Waals surface area contributed by atoms with Crippen molar-refractivity contribution in [3.05, 3.63) is 101 Å². The summed E-state index contributed by atoms with van der Waals surface area (Å²) in [5.41, 5.74) is 8.50. The summed E-state index contributed by atoms with van der Waals surface area (Å²) in [4.78, 5) is 24.5. The number of rotatable bonds is 8. The second kappa shape index (κ2) is 9.69. The van der Waals surface area contributed by atoms with Crippen LogP contribution in [0.15, 0.2) is 78.9 Å². The second-order valence-electron chi connectivity index (χ2n) is 8.39. The first-order valence-corrected chi connectivity index (χ1v) is 11.0. The maximum absolute atomic E-state index is 12.9. The summed E-state index contributed by atoms with van der Waals surface area (Å²) >= 11 is 0. The molecule has 1 aliphatic rings. The van der Waals surface area contributed by atoms with Gasteiger partial charge in [0.05, 0.1) is 5.56 Å². The largest absolute Gasteiger partial charge is 0.488 e. The van der Waals surface area contributed by atoms with Crippen LogP contribution in [0.25, 0.3) is 0 Å². The molecule has 5 heteroatoms. The van der Waals surface area contributed by atoms with E-state index < -0.39 is 5.91 Å². The van der Waals surface area contributed by atoms with E-state index >= 15 is 0 Å². The van der Waals surface area contributed by atoms with Crippen molar-refractivity contribution in [3.63, 3.8) is 0 Å². The SMILES string of the molecule is NC(=O)c1ccccc1OCc1cccc(C(=O)NCC2(c3ccccc3)CCCC2)c1. The van der Waals surface area contributed by atoms with Gasteiger partial charge in [-0.1, -0.05) is 67.4 Å². The highest BCUT2D eigenvalue weighted by molar-refractivity contribution is 5.95. The molecule has 32 heavy (non-hydrogen) atoms. The van der Waals surface area contributed by atoms with Crippen molar-refractivity contribution in [3.8, 4) is 5.75 Å². The molecule has 0 radical (unpaired) electrons. The van der Waals surface area contributed by atoms with Crippen molar-refractivity contribution < 1.29 is 14.3 Å². The van der Waals surface area contributed by atoms with Gasteiger partial charge in [0, 0.05) is 17.5 Å². The van der Waals surface area contributed by atoms with E-state index in [0.29, 0.717) is 23.4 Å². The summed E-state index contributed by atoms with van der Waals surface area (Å²) in [6.45, 7) is 0.863. The summed E-state index contributed by atoms with van der Waals surface area (Å²) in [7, 11) is 0. The second-order valence-corrected chi connectivity index (χ2v) is 8.39. The van der Waals surface area contributed by atoms with E-state index in [4.69, 9.17) is 10.5 Å². The first kappa shape index (κ1) is 21.6. The van der Waals surface area contributed by atoms with Crippen LogP contribution in [0.2, 0.25) is 0 Å².